The third-order valence-corrected chi connectivity index (χ3v) is 2.69. The van der Waals surface area contributed by atoms with Crippen molar-refractivity contribution >= 4 is 11.9 Å². The number of nitrogens with zero attached hydrogens (tertiary/aromatic N) is 1. The second kappa shape index (κ2) is 3.77. The fraction of sp³-hybridized carbons (Fsp3) is 0.778. The number of carbonyl (C=O) groups is 2. The minimum atomic E-state index is -0.956. The van der Waals surface area contributed by atoms with Crippen LogP contribution in [0.3, 0.4) is 0 Å². The number of carboxylic acids is 1. The van der Waals surface area contributed by atoms with E-state index in [2.05, 4.69) is 0 Å². The number of aliphatic carboxylic acids is 1. The first-order valence-electron chi connectivity index (χ1n) is 4.49. The summed E-state index contributed by atoms with van der Waals surface area (Å²) >= 11 is 0. The normalized spacial score (nSPS) is 26.3. The molecule has 13 heavy (non-hydrogen) atoms. The molecule has 1 aliphatic rings. The van der Waals surface area contributed by atoms with Crippen molar-refractivity contribution in [3.8, 4) is 0 Å². The van der Waals surface area contributed by atoms with Crippen LogP contribution < -0.4 is 0 Å². The molecule has 0 bridgehead atoms. The largest absolute Gasteiger partial charge is 0.480 e. The Labute approximate surface area is 77.5 Å². The molecule has 0 aromatic heterocycles. The van der Waals surface area contributed by atoms with Crippen LogP contribution in [0.4, 0.5) is 0 Å². The Morgan fingerprint density at radius 1 is 1.46 bits per heavy atom. The van der Waals surface area contributed by atoms with E-state index in [-0.39, 0.29) is 18.4 Å². The van der Waals surface area contributed by atoms with Crippen molar-refractivity contribution in [2.45, 2.75) is 19.8 Å². The third kappa shape index (κ3) is 2.20. The molecular weight excluding hydrogens is 170 g/mol. The topological polar surface area (TPSA) is 57.6 Å². The number of rotatable bonds is 3. The van der Waals surface area contributed by atoms with E-state index in [1.807, 2.05) is 6.92 Å². The molecule has 1 rings (SSSR count). The van der Waals surface area contributed by atoms with Crippen LogP contribution in [-0.4, -0.2) is 35.5 Å². The lowest BCUT2D eigenvalue weighted by Crippen LogP contribution is -2.42. The van der Waals surface area contributed by atoms with Crippen molar-refractivity contribution in [1.82, 2.24) is 4.90 Å². The van der Waals surface area contributed by atoms with Gasteiger partial charge in [-0.1, -0.05) is 6.92 Å². The first-order valence-corrected chi connectivity index (χ1v) is 4.49. The minimum Gasteiger partial charge on any atom is -0.480 e. The maximum Gasteiger partial charge on any atom is 0.323 e. The van der Waals surface area contributed by atoms with Gasteiger partial charge >= 0.3 is 5.97 Å². The van der Waals surface area contributed by atoms with E-state index in [1.54, 1.807) is 7.05 Å². The molecule has 0 aromatic carbocycles. The number of hydrogen-bond donors (Lipinski definition) is 1. The van der Waals surface area contributed by atoms with Gasteiger partial charge in [0, 0.05) is 13.0 Å². The summed E-state index contributed by atoms with van der Waals surface area (Å²) in [7, 11) is 1.54. The van der Waals surface area contributed by atoms with Gasteiger partial charge in [-0.2, -0.15) is 0 Å². The van der Waals surface area contributed by atoms with Crippen LogP contribution in [0.5, 0.6) is 0 Å². The average molecular weight is 185 g/mol. The van der Waals surface area contributed by atoms with E-state index in [4.69, 9.17) is 5.11 Å². The number of carbonyl (C=O) groups excluding carboxylic acids is 1. The highest BCUT2D eigenvalue weighted by Gasteiger charge is 2.35. The molecule has 4 heteroatoms. The zero-order chi connectivity index (χ0) is 10.0. The first-order chi connectivity index (χ1) is 6.02. The van der Waals surface area contributed by atoms with Crippen LogP contribution in [0.15, 0.2) is 0 Å². The van der Waals surface area contributed by atoms with E-state index in [0.29, 0.717) is 5.92 Å². The predicted molar refractivity (Wildman–Crippen MR) is 47.2 cm³/mol. The summed E-state index contributed by atoms with van der Waals surface area (Å²) in [5.74, 6) is -0.503. The number of likely N-dealkylation sites (N-methyl/N-ethyl adjacent to an activating group) is 1. The Balaban J connectivity index is 2.42. The van der Waals surface area contributed by atoms with Crippen molar-refractivity contribution in [2.24, 2.45) is 11.8 Å². The molecule has 1 saturated carbocycles. The fourth-order valence-corrected chi connectivity index (χ4v) is 1.60. The monoisotopic (exact) mass is 185 g/mol. The Morgan fingerprint density at radius 3 is 2.38 bits per heavy atom. The summed E-state index contributed by atoms with van der Waals surface area (Å²) in [5.41, 5.74) is 0. The van der Waals surface area contributed by atoms with Crippen LogP contribution in [-0.2, 0) is 9.59 Å². The lowest BCUT2D eigenvalue weighted by molar-refractivity contribution is -0.147. The Hall–Kier alpha value is -1.06. The van der Waals surface area contributed by atoms with Crippen molar-refractivity contribution < 1.29 is 14.7 Å². The van der Waals surface area contributed by atoms with E-state index in [1.165, 1.54) is 4.90 Å². The second-order valence-corrected chi connectivity index (χ2v) is 3.75. The summed E-state index contributed by atoms with van der Waals surface area (Å²) in [4.78, 5) is 23.2. The van der Waals surface area contributed by atoms with Gasteiger partial charge in [-0.25, -0.2) is 0 Å². The number of amides is 1. The molecule has 4 nitrogen and oxygen atoms in total. The molecule has 1 aliphatic carbocycles. The van der Waals surface area contributed by atoms with Gasteiger partial charge in [0.2, 0.25) is 5.91 Å². The summed E-state index contributed by atoms with van der Waals surface area (Å²) in [6.45, 7) is 1.84. The summed E-state index contributed by atoms with van der Waals surface area (Å²) < 4.78 is 0. The lowest BCUT2D eigenvalue weighted by atomic mass is 9.74. The zero-order valence-corrected chi connectivity index (χ0v) is 7.99. The molecule has 2 atom stereocenters. The van der Waals surface area contributed by atoms with Gasteiger partial charge in [0.25, 0.3) is 0 Å². The number of carboxylic acid groups (broad SMARTS) is 1. The van der Waals surface area contributed by atoms with Crippen LogP contribution in [0.2, 0.25) is 0 Å². The molecule has 2 unspecified atom stereocenters. The molecule has 0 aliphatic heterocycles. The number of hydrogen-bond acceptors (Lipinski definition) is 2. The van der Waals surface area contributed by atoms with Crippen molar-refractivity contribution in [2.75, 3.05) is 13.6 Å². The smallest absolute Gasteiger partial charge is 0.323 e. The van der Waals surface area contributed by atoms with Crippen molar-refractivity contribution in [3.63, 3.8) is 0 Å². The zero-order valence-electron chi connectivity index (χ0n) is 7.99. The summed E-state index contributed by atoms with van der Waals surface area (Å²) in [5, 5.41) is 8.48. The molecule has 0 spiro atoms. The van der Waals surface area contributed by atoms with Crippen LogP contribution in [0, 0.1) is 11.8 Å². The highest BCUT2D eigenvalue weighted by Crippen LogP contribution is 2.34. The maximum absolute atomic E-state index is 11.5. The minimum absolute atomic E-state index is 0.0267. The fourth-order valence-electron chi connectivity index (χ4n) is 1.60. The molecule has 1 amide bonds. The van der Waals surface area contributed by atoms with Crippen LogP contribution in [0.1, 0.15) is 19.8 Å². The van der Waals surface area contributed by atoms with Gasteiger partial charge in [-0.3, -0.25) is 9.59 Å². The first kappa shape index (κ1) is 10.0. The van der Waals surface area contributed by atoms with E-state index in [9.17, 15) is 9.59 Å². The Morgan fingerprint density at radius 2 is 2.08 bits per heavy atom. The molecule has 0 saturated heterocycles. The Kier molecular flexibility index (Phi) is 2.90. The molecule has 0 aromatic rings. The predicted octanol–water partition coefficient (Wildman–Crippen LogP) is 0.575. The van der Waals surface area contributed by atoms with Gasteiger partial charge in [0.15, 0.2) is 0 Å². The van der Waals surface area contributed by atoms with Crippen LogP contribution >= 0.6 is 0 Å². The molecule has 74 valence electrons. The van der Waals surface area contributed by atoms with Gasteiger partial charge in [0.05, 0.1) is 0 Å². The molecule has 0 radical (unpaired) electrons. The van der Waals surface area contributed by atoms with Gasteiger partial charge in [-0.05, 0) is 18.8 Å². The highest BCUT2D eigenvalue weighted by molar-refractivity contribution is 5.83. The molecule has 0 heterocycles. The maximum atomic E-state index is 11.5. The second-order valence-electron chi connectivity index (χ2n) is 3.75. The van der Waals surface area contributed by atoms with Gasteiger partial charge in [-0.15, -0.1) is 0 Å². The molecule has 1 N–H and O–H groups in total. The van der Waals surface area contributed by atoms with Crippen LogP contribution in [0.25, 0.3) is 0 Å². The Bertz CT molecular complexity index is 227. The van der Waals surface area contributed by atoms with E-state index in [0.717, 1.165) is 12.8 Å². The highest BCUT2D eigenvalue weighted by atomic mass is 16.4. The summed E-state index contributed by atoms with van der Waals surface area (Å²) in [6, 6.07) is 0. The molecular formula is C9H15NO3. The van der Waals surface area contributed by atoms with Gasteiger partial charge < -0.3 is 10.0 Å². The quantitative estimate of drug-likeness (QED) is 0.699. The molecule has 1 fully saturated rings. The van der Waals surface area contributed by atoms with E-state index >= 15 is 0 Å². The third-order valence-electron chi connectivity index (χ3n) is 2.69. The van der Waals surface area contributed by atoms with Gasteiger partial charge in [0.1, 0.15) is 6.54 Å². The standard InChI is InChI=1S/C9H15NO3/c1-6-3-4-7(6)9(13)10(2)5-8(11)12/h6-7H,3-5H2,1-2H3,(H,11,12). The van der Waals surface area contributed by atoms with Crippen molar-refractivity contribution in [3.05, 3.63) is 0 Å². The van der Waals surface area contributed by atoms with E-state index < -0.39 is 5.97 Å². The lowest BCUT2D eigenvalue weighted by Gasteiger charge is -2.34. The summed E-state index contributed by atoms with van der Waals surface area (Å²) in [6.07, 6.45) is 1.99. The van der Waals surface area contributed by atoms with Crippen molar-refractivity contribution in [1.29, 1.82) is 0 Å². The SMILES string of the molecule is CC1CCC1C(=O)N(C)CC(=O)O. The average Bonchev–Trinajstić information content (AvgIpc) is 2.00.